The number of anilines is 1. The SMILES string of the molecule is C=C[S+](=O)([O-])CCC(=O)Nc1ccc(C2(CC)CCC(=O)NC2=O)cc1. The predicted octanol–water partition coefficient (Wildman–Crippen LogP) is 1.87. The number of benzene rings is 1. The van der Waals surface area contributed by atoms with Crippen molar-refractivity contribution in [1.29, 1.82) is 0 Å². The third-order valence-electron chi connectivity index (χ3n) is 4.66. The van der Waals surface area contributed by atoms with E-state index in [1.807, 2.05) is 6.92 Å². The van der Waals surface area contributed by atoms with Crippen LogP contribution in [0.3, 0.4) is 0 Å². The van der Waals surface area contributed by atoms with Crippen LogP contribution in [0, 0.1) is 0 Å². The molecule has 1 aromatic carbocycles. The van der Waals surface area contributed by atoms with E-state index in [0.717, 1.165) is 11.0 Å². The molecule has 3 amide bonds. The van der Waals surface area contributed by atoms with E-state index in [-0.39, 0.29) is 30.4 Å². The second-order valence-corrected chi connectivity index (χ2v) is 8.29. The lowest BCUT2D eigenvalue weighted by atomic mass is 9.72. The standard InChI is InChI=1S/C18H22N2O5S/c1-3-18(11-9-15(21)20-17(18)23)13-5-7-14(8-6-13)19-16(22)10-12-26(24,25)4-2/h4-8H,2-3,9-12H2,1H3,(H2-,19,20,21,22,23,24,25). The van der Waals surface area contributed by atoms with Crippen molar-refractivity contribution in [2.24, 2.45) is 0 Å². The molecule has 26 heavy (non-hydrogen) atoms. The highest BCUT2D eigenvalue weighted by Crippen LogP contribution is 2.36. The Morgan fingerprint density at radius 3 is 2.58 bits per heavy atom. The molecule has 2 atom stereocenters. The molecule has 1 aromatic rings. The molecule has 0 bridgehead atoms. The van der Waals surface area contributed by atoms with Gasteiger partial charge in [-0.15, -0.1) is 4.21 Å². The first-order chi connectivity index (χ1) is 12.2. The van der Waals surface area contributed by atoms with E-state index in [4.69, 9.17) is 0 Å². The molecule has 0 aromatic heterocycles. The zero-order valence-electron chi connectivity index (χ0n) is 14.6. The Labute approximate surface area is 153 Å². The second-order valence-electron chi connectivity index (χ2n) is 6.22. The number of hydrogen-bond acceptors (Lipinski definition) is 5. The van der Waals surface area contributed by atoms with Gasteiger partial charge in [-0.25, -0.2) is 0 Å². The topological polar surface area (TPSA) is 115 Å². The van der Waals surface area contributed by atoms with E-state index < -0.39 is 21.5 Å². The first-order valence-electron chi connectivity index (χ1n) is 8.32. The number of carbonyl (C=O) groups is 3. The Balaban J connectivity index is 2.07. The number of nitrogens with one attached hydrogen (secondary N) is 2. The molecule has 1 saturated heterocycles. The Kier molecular flexibility index (Phi) is 6.09. The predicted molar refractivity (Wildman–Crippen MR) is 97.9 cm³/mol. The third kappa shape index (κ3) is 4.44. The minimum absolute atomic E-state index is 0.167. The molecule has 1 fully saturated rings. The summed E-state index contributed by atoms with van der Waals surface area (Å²) < 4.78 is 22.7. The Bertz CT molecular complexity index is 774. The van der Waals surface area contributed by atoms with Gasteiger partial charge >= 0.3 is 0 Å². The van der Waals surface area contributed by atoms with E-state index in [0.29, 0.717) is 18.5 Å². The van der Waals surface area contributed by atoms with Crippen LogP contribution in [0.25, 0.3) is 0 Å². The number of imide groups is 1. The molecule has 1 aliphatic rings. The molecule has 2 rings (SSSR count). The molecule has 0 radical (unpaired) electrons. The number of hydrogen-bond donors (Lipinski definition) is 2. The number of piperidine rings is 1. The lowest BCUT2D eigenvalue weighted by molar-refractivity contribution is -0.138. The van der Waals surface area contributed by atoms with Gasteiger partial charge in [-0.2, -0.15) is 0 Å². The van der Waals surface area contributed by atoms with Gasteiger partial charge in [0, 0.05) is 12.1 Å². The minimum Gasteiger partial charge on any atom is -0.611 e. The van der Waals surface area contributed by atoms with Crippen molar-refractivity contribution in [3.8, 4) is 0 Å². The van der Waals surface area contributed by atoms with Gasteiger partial charge in [-0.05, 0) is 30.5 Å². The van der Waals surface area contributed by atoms with E-state index in [1.54, 1.807) is 24.3 Å². The largest absolute Gasteiger partial charge is 0.611 e. The van der Waals surface area contributed by atoms with Crippen molar-refractivity contribution in [2.45, 2.75) is 38.0 Å². The molecule has 1 aliphatic heterocycles. The highest BCUT2D eigenvalue weighted by atomic mass is 32.3. The monoisotopic (exact) mass is 378 g/mol. The summed E-state index contributed by atoms with van der Waals surface area (Å²) in [5.74, 6) is -1.29. The van der Waals surface area contributed by atoms with Crippen LogP contribution < -0.4 is 10.6 Å². The summed E-state index contributed by atoms with van der Waals surface area (Å²) in [6.07, 6.45) is 1.12. The van der Waals surface area contributed by atoms with Gasteiger partial charge in [0.1, 0.15) is 11.2 Å². The molecule has 2 N–H and O–H groups in total. The molecule has 2 unspecified atom stereocenters. The van der Waals surface area contributed by atoms with Crippen LogP contribution >= 0.6 is 0 Å². The van der Waals surface area contributed by atoms with Crippen LogP contribution in [-0.2, 0) is 34.2 Å². The van der Waals surface area contributed by atoms with E-state index >= 15 is 0 Å². The molecular weight excluding hydrogens is 356 g/mol. The molecule has 140 valence electrons. The van der Waals surface area contributed by atoms with Crippen LogP contribution in [0.5, 0.6) is 0 Å². The average molecular weight is 378 g/mol. The van der Waals surface area contributed by atoms with Crippen molar-refractivity contribution in [3.05, 3.63) is 41.8 Å². The van der Waals surface area contributed by atoms with Gasteiger partial charge in [0.25, 0.3) is 0 Å². The van der Waals surface area contributed by atoms with Gasteiger partial charge in [0.05, 0.1) is 22.0 Å². The zero-order chi connectivity index (χ0) is 19.4. The fourth-order valence-corrected chi connectivity index (χ4v) is 3.62. The van der Waals surface area contributed by atoms with Crippen molar-refractivity contribution < 1.29 is 23.1 Å². The Hall–Kier alpha value is -2.32. The first kappa shape index (κ1) is 20.0. The van der Waals surface area contributed by atoms with E-state index in [1.165, 1.54) is 0 Å². The summed E-state index contributed by atoms with van der Waals surface area (Å²) in [5, 5.41) is 5.85. The maximum absolute atomic E-state index is 12.4. The van der Waals surface area contributed by atoms with Crippen LogP contribution in [0.2, 0.25) is 0 Å². The van der Waals surface area contributed by atoms with E-state index in [2.05, 4.69) is 17.2 Å². The summed E-state index contributed by atoms with van der Waals surface area (Å²) in [6.45, 7) is 5.09. The van der Waals surface area contributed by atoms with Gasteiger partial charge in [-0.1, -0.05) is 25.6 Å². The molecular formula is C18H22N2O5S. The number of carbonyl (C=O) groups excluding carboxylic acids is 3. The zero-order valence-corrected chi connectivity index (χ0v) is 15.4. The van der Waals surface area contributed by atoms with Gasteiger partial charge in [0.15, 0.2) is 0 Å². The van der Waals surface area contributed by atoms with E-state index in [9.17, 15) is 23.1 Å². The fourth-order valence-electron chi connectivity index (χ4n) is 2.98. The second kappa shape index (κ2) is 7.92. The van der Waals surface area contributed by atoms with Crippen molar-refractivity contribution in [2.75, 3.05) is 11.1 Å². The summed E-state index contributed by atoms with van der Waals surface area (Å²) in [7, 11) is -3.42. The van der Waals surface area contributed by atoms with Crippen LogP contribution in [0.1, 0.15) is 38.2 Å². The molecule has 0 aliphatic carbocycles. The van der Waals surface area contributed by atoms with Gasteiger partial charge in [0.2, 0.25) is 17.7 Å². The third-order valence-corrected chi connectivity index (χ3v) is 5.94. The molecule has 0 saturated carbocycles. The first-order valence-corrected chi connectivity index (χ1v) is 10.0. The molecule has 7 nitrogen and oxygen atoms in total. The van der Waals surface area contributed by atoms with Crippen molar-refractivity contribution in [3.63, 3.8) is 0 Å². The van der Waals surface area contributed by atoms with Crippen LogP contribution in [0.4, 0.5) is 5.69 Å². The maximum atomic E-state index is 12.4. The molecule has 8 heteroatoms. The molecule has 1 heterocycles. The minimum atomic E-state index is -3.42. The summed E-state index contributed by atoms with van der Waals surface area (Å²) >= 11 is 0. The Morgan fingerprint density at radius 2 is 2.04 bits per heavy atom. The van der Waals surface area contributed by atoms with Gasteiger partial charge in [-0.3, -0.25) is 19.7 Å². The van der Waals surface area contributed by atoms with Crippen LogP contribution in [-0.4, -0.2) is 28.0 Å². The summed E-state index contributed by atoms with van der Waals surface area (Å²) in [6, 6.07) is 6.82. The summed E-state index contributed by atoms with van der Waals surface area (Å²) in [4.78, 5) is 35.6. The van der Waals surface area contributed by atoms with Gasteiger partial charge < -0.3 is 9.87 Å². The highest BCUT2D eigenvalue weighted by Gasteiger charge is 2.42. The Morgan fingerprint density at radius 1 is 1.38 bits per heavy atom. The number of rotatable bonds is 7. The molecule has 0 spiro atoms. The fraction of sp³-hybridized carbons (Fsp3) is 0.389. The smallest absolute Gasteiger partial charge is 0.237 e. The summed E-state index contributed by atoms with van der Waals surface area (Å²) in [5.41, 5.74) is 0.527. The average Bonchev–Trinajstić information content (AvgIpc) is 2.62. The normalized spacial score (nSPS) is 22.2. The van der Waals surface area contributed by atoms with Crippen molar-refractivity contribution in [1.82, 2.24) is 5.32 Å². The quantitative estimate of drug-likeness (QED) is 0.555. The lowest BCUT2D eigenvalue weighted by Gasteiger charge is -2.35. The van der Waals surface area contributed by atoms with Crippen molar-refractivity contribution >= 4 is 33.6 Å². The highest BCUT2D eigenvalue weighted by molar-refractivity contribution is 8.00. The lowest BCUT2D eigenvalue weighted by Crippen LogP contribution is -2.51. The number of sulfone groups is 1. The number of amides is 3. The maximum Gasteiger partial charge on any atom is 0.237 e. The van der Waals surface area contributed by atoms with Crippen LogP contribution in [0.15, 0.2) is 36.3 Å².